The van der Waals surface area contributed by atoms with Gasteiger partial charge < -0.3 is 5.32 Å². The molecule has 82 valence electrons. The summed E-state index contributed by atoms with van der Waals surface area (Å²) in [6, 6.07) is 2.45. The molecule has 1 unspecified atom stereocenters. The molecule has 1 atom stereocenters. The Hall–Kier alpha value is -1.15. The van der Waals surface area contributed by atoms with Crippen LogP contribution >= 0.6 is 0 Å². The van der Waals surface area contributed by atoms with E-state index in [1.807, 2.05) is 20.2 Å². The van der Waals surface area contributed by atoms with Crippen LogP contribution in [0.5, 0.6) is 0 Å². The van der Waals surface area contributed by atoms with E-state index in [2.05, 4.69) is 36.8 Å². The molecule has 0 saturated carbocycles. The Kier molecular flexibility index (Phi) is 4.04. The van der Waals surface area contributed by atoms with Crippen LogP contribution in [0.4, 0.5) is 0 Å². The molecule has 0 spiro atoms. The predicted molar refractivity (Wildman–Crippen MR) is 64.9 cm³/mol. The lowest BCUT2D eigenvalue weighted by atomic mass is 10.0. The minimum atomic E-state index is 0.281. The van der Waals surface area contributed by atoms with Crippen LogP contribution < -0.4 is 5.32 Å². The molecule has 1 rings (SSSR count). The highest BCUT2D eigenvalue weighted by atomic mass is 14.9. The Morgan fingerprint density at radius 2 is 2.20 bits per heavy atom. The third-order valence-electron chi connectivity index (χ3n) is 2.49. The van der Waals surface area contributed by atoms with Gasteiger partial charge in [-0.2, -0.15) is 0 Å². The third kappa shape index (κ3) is 3.17. The smallest absolute Gasteiger partial charge is 0.0605 e. The number of rotatable bonds is 4. The van der Waals surface area contributed by atoms with E-state index in [4.69, 9.17) is 0 Å². The SMILES string of the molecule is C=C(C)CC(NC)c1ncc(C)cc1C. The monoisotopic (exact) mass is 204 g/mol. The van der Waals surface area contributed by atoms with E-state index in [-0.39, 0.29) is 6.04 Å². The minimum absolute atomic E-state index is 0.281. The van der Waals surface area contributed by atoms with Gasteiger partial charge in [-0.1, -0.05) is 11.6 Å². The highest BCUT2D eigenvalue weighted by molar-refractivity contribution is 5.26. The van der Waals surface area contributed by atoms with Crippen molar-refractivity contribution in [1.29, 1.82) is 0 Å². The van der Waals surface area contributed by atoms with Crippen LogP contribution in [0.2, 0.25) is 0 Å². The summed E-state index contributed by atoms with van der Waals surface area (Å²) in [5, 5.41) is 3.29. The molecule has 0 bridgehead atoms. The number of nitrogens with one attached hydrogen (secondary N) is 1. The maximum Gasteiger partial charge on any atom is 0.0605 e. The average Bonchev–Trinajstić information content (AvgIpc) is 2.14. The standard InChI is InChI=1S/C13H20N2/c1-9(2)6-12(14-5)13-11(4)7-10(3)8-15-13/h7-8,12,14H,1,6H2,2-5H3. The van der Waals surface area contributed by atoms with Gasteiger partial charge in [0, 0.05) is 6.20 Å². The molecule has 2 nitrogen and oxygen atoms in total. The molecule has 0 radical (unpaired) electrons. The topological polar surface area (TPSA) is 24.9 Å². The number of hydrogen-bond donors (Lipinski definition) is 1. The van der Waals surface area contributed by atoms with Crippen molar-refractivity contribution in [3.63, 3.8) is 0 Å². The van der Waals surface area contributed by atoms with Gasteiger partial charge in [-0.25, -0.2) is 0 Å². The molecule has 0 aliphatic rings. The molecular weight excluding hydrogens is 184 g/mol. The van der Waals surface area contributed by atoms with Crippen LogP contribution in [0.3, 0.4) is 0 Å². The van der Waals surface area contributed by atoms with Gasteiger partial charge in [0.1, 0.15) is 0 Å². The molecule has 1 heterocycles. The molecule has 0 aromatic carbocycles. The summed E-state index contributed by atoms with van der Waals surface area (Å²) in [5.74, 6) is 0. The van der Waals surface area contributed by atoms with Crippen molar-refractivity contribution < 1.29 is 0 Å². The average molecular weight is 204 g/mol. The van der Waals surface area contributed by atoms with Gasteiger partial charge in [-0.15, -0.1) is 6.58 Å². The Labute approximate surface area is 92.4 Å². The Morgan fingerprint density at radius 3 is 2.67 bits per heavy atom. The predicted octanol–water partition coefficient (Wildman–Crippen LogP) is 2.93. The van der Waals surface area contributed by atoms with E-state index >= 15 is 0 Å². The molecule has 0 saturated heterocycles. The summed E-state index contributed by atoms with van der Waals surface area (Å²) in [6.07, 6.45) is 2.86. The summed E-state index contributed by atoms with van der Waals surface area (Å²) in [7, 11) is 1.97. The zero-order valence-electron chi connectivity index (χ0n) is 10.1. The van der Waals surface area contributed by atoms with Crippen molar-refractivity contribution >= 4 is 0 Å². The lowest BCUT2D eigenvalue weighted by Crippen LogP contribution is -2.19. The van der Waals surface area contributed by atoms with E-state index in [0.29, 0.717) is 0 Å². The van der Waals surface area contributed by atoms with Crippen LogP contribution in [0.25, 0.3) is 0 Å². The lowest BCUT2D eigenvalue weighted by molar-refractivity contribution is 0.570. The normalized spacial score (nSPS) is 12.5. The molecule has 0 amide bonds. The molecule has 0 aliphatic carbocycles. The first-order valence-electron chi connectivity index (χ1n) is 5.29. The fourth-order valence-corrected chi connectivity index (χ4v) is 1.77. The number of aromatic nitrogens is 1. The second-order valence-electron chi connectivity index (χ2n) is 4.22. The highest BCUT2D eigenvalue weighted by Crippen LogP contribution is 2.21. The summed E-state index contributed by atoms with van der Waals surface area (Å²) in [4.78, 5) is 4.50. The fraction of sp³-hybridized carbons (Fsp3) is 0.462. The first-order chi connectivity index (χ1) is 7.04. The summed E-state index contributed by atoms with van der Waals surface area (Å²) < 4.78 is 0. The van der Waals surface area contributed by atoms with Crippen molar-refractivity contribution in [2.75, 3.05) is 7.05 Å². The van der Waals surface area contributed by atoms with Crippen LogP contribution in [0.15, 0.2) is 24.4 Å². The quantitative estimate of drug-likeness (QED) is 0.763. The van der Waals surface area contributed by atoms with Crippen molar-refractivity contribution in [2.24, 2.45) is 0 Å². The maximum absolute atomic E-state index is 4.50. The Morgan fingerprint density at radius 1 is 1.53 bits per heavy atom. The van der Waals surface area contributed by atoms with Crippen molar-refractivity contribution in [1.82, 2.24) is 10.3 Å². The van der Waals surface area contributed by atoms with Crippen molar-refractivity contribution in [2.45, 2.75) is 33.2 Å². The van der Waals surface area contributed by atoms with Gasteiger partial charge in [0.05, 0.1) is 11.7 Å². The summed E-state index contributed by atoms with van der Waals surface area (Å²) >= 11 is 0. The van der Waals surface area contributed by atoms with Gasteiger partial charge >= 0.3 is 0 Å². The van der Waals surface area contributed by atoms with Crippen LogP contribution in [0.1, 0.15) is 36.2 Å². The zero-order valence-corrected chi connectivity index (χ0v) is 10.1. The molecule has 0 fully saturated rings. The Bertz CT molecular complexity index is 356. The van der Waals surface area contributed by atoms with Crippen molar-refractivity contribution in [3.8, 4) is 0 Å². The van der Waals surface area contributed by atoms with Gasteiger partial charge in [0.25, 0.3) is 0 Å². The lowest BCUT2D eigenvalue weighted by Gasteiger charge is -2.18. The van der Waals surface area contributed by atoms with E-state index in [1.54, 1.807) is 0 Å². The zero-order chi connectivity index (χ0) is 11.4. The molecule has 0 aliphatic heterocycles. The second kappa shape index (κ2) is 5.08. The van der Waals surface area contributed by atoms with Crippen molar-refractivity contribution in [3.05, 3.63) is 41.2 Å². The molecule has 1 aromatic heterocycles. The molecule has 1 N–H and O–H groups in total. The van der Waals surface area contributed by atoms with E-state index < -0.39 is 0 Å². The van der Waals surface area contributed by atoms with Gasteiger partial charge in [0.2, 0.25) is 0 Å². The molecule has 15 heavy (non-hydrogen) atoms. The number of hydrogen-bond acceptors (Lipinski definition) is 2. The molecule has 1 aromatic rings. The first-order valence-corrected chi connectivity index (χ1v) is 5.29. The van der Waals surface area contributed by atoms with Gasteiger partial charge in [-0.3, -0.25) is 4.98 Å². The van der Waals surface area contributed by atoms with Crippen LogP contribution in [-0.2, 0) is 0 Å². The fourth-order valence-electron chi connectivity index (χ4n) is 1.77. The van der Waals surface area contributed by atoms with Gasteiger partial charge in [0.15, 0.2) is 0 Å². The number of aryl methyl sites for hydroxylation is 2. The van der Waals surface area contributed by atoms with E-state index in [9.17, 15) is 0 Å². The highest BCUT2D eigenvalue weighted by Gasteiger charge is 2.13. The molecular formula is C13H20N2. The number of pyridine rings is 1. The van der Waals surface area contributed by atoms with Gasteiger partial charge in [-0.05, 0) is 45.4 Å². The summed E-state index contributed by atoms with van der Waals surface area (Å²) in [5.41, 5.74) is 4.76. The maximum atomic E-state index is 4.50. The van der Waals surface area contributed by atoms with E-state index in [1.165, 1.54) is 16.7 Å². The second-order valence-corrected chi connectivity index (χ2v) is 4.22. The van der Waals surface area contributed by atoms with Crippen LogP contribution in [-0.4, -0.2) is 12.0 Å². The van der Waals surface area contributed by atoms with Crippen LogP contribution in [0, 0.1) is 13.8 Å². The summed E-state index contributed by atoms with van der Waals surface area (Å²) in [6.45, 7) is 10.2. The minimum Gasteiger partial charge on any atom is -0.311 e. The Balaban J connectivity index is 2.96. The first kappa shape index (κ1) is 11.9. The molecule has 2 heteroatoms. The van der Waals surface area contributed by atoms with E-state index in [0.717, 1.165) is 12.1 Å². The largest absolute Gasteiger partial charge is 0.311 e. The number of nitrogens with zero attached hydrogens (tertiary/aromatic N) is 1. The third-order valence-corrected chi connectivity index (χ3v) is 2.49.